The quantitative estimate of drug-likeness (QED) is 0.520. The van der Waals surface area contributed by atoms with E-state index in [1.807, 2.05) is 27.7 Å². The highest BCUT2D eigenvalue weighted by molar-refractivity contribution is 6.47. The molecule has 120 valence electrons. The SMILES string of the molecule is COc1ccc([C@H](N)B2OC(C)(C)C(C)(C)O2)cc1[N+](=O)[O-]. The molecule has 1 aromatic rings. The van der Waals surface area contributed by atoms with Crippen molar-refractivity contribution < 1.29 is 19.0 Å². The van der Waals surface area contributed by atoms with Crippen LogP contribution in [0.15, 0.2) is 18.2 Å². The number of rotatable bonds is 4. The maximum atomic E-state index is 11.1. The molecule has 8 heteroatoms. The second-order valence-corrected chi connectivity index (χ2v) is 6.34. The molecule has 1 atom stereocenters. The van der Waals surface area contributed by atoms with Crippen LogP contribution in [0.5, 0.6) is 5.75 Å². The zero-order chi connectivity index (χ0) is 16.7. The molecule has 0 spiro atoms. The van der Waals surface area contributed by atoms with Crippen LogP contribution >= 0.6 is 0 Å². The third-order valence-corrected chi connectivity index (χ3v) is 4.35. The first-order chi connectivity index (χ1) is 10.1. The molecule has 2 rings (SSSR count). The van der Waals surface area contributed by atoms with E-state index in [2.05, 4.69) is 0 Å². The van der Waals surface area contributed by atoms with Crippen molar-refractivity contribution in [2.75, 3.05) is 7.11 Å². The number of nitro groups is 1. The average Bonchev–Trinajstić information content (AvgIpc) is 2.65. The van der Waals surface area contributed by atoms with Crippen molar-refractivity contribution in [1.29, 1.82) is 0 Å². The summed E-state index contributed by atoms with van der Waals surface area (Å²) in [5.74, 6) is -0.444. The molecule has 22 heavy (non-hydrogen) atoms. The number of benzene rings is 1. The molecule has 1 heterocycles. The Morgan fingerprint density at radius 1 is 1.27 bits per heavy atom. The van der Waals surface area contributed by atoms with E-state index in [-0.39, 0.29) is 11.4 Å². The molecular weight excluding hydrogens is 287 g/mol. The van der Waals surface area contributed by atoms with Crippen molar-refractivity contribution in [3.8, 4) is 5.75 Å². The number of nitrogens with zero attached hydrogens (tertiary/aromatic N) is 1. The van der Waals surface area contributed by atoms with Gasteiger partial charge in [0.25, 0.3) is 0 Å². The minimum Gasteiger partial charge on any atom is -0.490 e. The van der Waals surface area contributed by atoms with Gasteiger partial charge in [0.2, 0.25) is 0 Å². The van der Waals surface area contributed by atoms with Crippen LogP contribution in [0, 0.1) is 10.1 Å². The second-order valence-electron chi connectivity index (χ2n) is 6.34. The highest BCUT2D eigenvalue weighted by Crippen LogP contribution is 2.40. The lowest BCUT2D eigenvalue weighted by Crippen LogP contribution is -2.41. The van der Waals surface area contributed by atoms with Crippen molar-refractivity contribution >= 4 is 12.8 Å². The van der Waals surface area contributed by atoms with Gasteiger partial charge in [-0.25, -0.2) is 0 Å². The summed E-state index contributed by atoms with van der Waals surface area (Å²) in [5, 5.41) is 11.1. The van der Waals surface area contributed by atoms with Crippen molar-refractivity contribution in [3.05, 3.63) is 33.9 Å². The minimum absolute atomic E-state index is 0.132. The number of nitrogens with two attached hydrogens (primary N) is 1. The van der Waals surface area contributed by atoms with Gasteiger partial charge in [0, 0.05) is 6.07 Å². The van der Waals surface area contributed by atoms with Gasteiger partial charge in [-0.3, -0.25) is 10.1 Å². The zero-order valence-corrected chi connectivity index (χ0v) is 13.5. The molecule has 0 bridgehead atoms. The second kappa shape index (κ2) is 5.53. The van der Waals surface area contributed by atoms with E-state index in [0.717, 1.165) is 0 Å². The van der Waals surface area contributed by atoms with Crippen molar-refractivity contribution in [2.45, 2.75) is 44.8 Å². The molecule has 1 aliphatic heterocycles. The van der Waals surface area contributed by atoms with Crippen LogP contribution in [0.4, 0.5) is 5.69 Å². The molecular formula is C14H21BN2O5. The van der Waals surface area contributed by atoms with Crippen molar-refractivity contribution in [3.63, 3.8) is 0 Å². The standard InChI is InChI=1S/C14H21BN2O5/c1-13(2)14(3,4)22-15(21-13)12(16)9-6-7-11(20-5)10(8-9)17(18)19/h6-8,12H,16H2,1-5H3/t12-/m0/s1. The Morgan fingerprint density at radius 2 is 1.82 bits per heavy atom. The Kier molecular flexibility index (Phi) is 4.21. The first-order valence-electron chi connectivity index (χ1n) is 7.02. The highest BCUT2D eigenvalue weighted by atomic mass is 16.7. The van der Waals surface area contributed by atoms with E-state index >= 15 is 0 Å². The third kappa shape index (κ3) is 2.81. The Bertz CT molecular complexity index is 575. The summed E-state index contributed by atoms with van der Waals surface area (Å²) in [6.45, 7) is 7.71. The Labute approximate surface area is 130 Å². The molecule has 0 amide bonds. The number of methoxy groups -OCH3 is 1. The average molecular weight is 308 g/mol. The summed E-state index contributed by atoms with van der Waals surface area (Å²) in [5.41, 5.74) is 5.61. The van der Waals surface area contributed by atoms with Crippen LogP contribution in [0.1, 0.15) is 39.2 Å². The van der Waals surface area contributed by atoms with Crippen LogP contribution in [-0.4, -0.2) is 30.4 Å². The van der Waals surface area contributed by atoms with Gasteiger partial charge in [-0.2, -0.15) is 0 Å². The van der Waals surface area contributed by atoms with Crippen molar-refractivity contribution in [1.82, 2.24) is 0 Å². The normalized spacial score (nSPS) is 20.7. The molecule has 0 aliphatic carbocycles. The van der Waals surface area contributed by atoms with E-state index in [9.17, 15) is 10.1 Å². The molecule has 1 saturated heterocycles. The lowest BCUT2D eigenvalue weighted by Gasteiger charge is -2.32. The monoisotopic (exact) mass is 308 g/mol. The van der Waals surface area contributed by atoms with Crippen LogP contribution in [0.3, 0.4) is 0 Å². The molecule has 0 radical (unpaired) electrons. The highest BCUT2D eigenvalue weighted by Gasteiger charge is 2.53. The smallest absolute Gasteiger partial charge is 0.480 e. The van der Waals surface area contributed by atoms with E-state index in [1.165, 1.54) is 19.2 Å². The van der Waals surface area contributed by atoms with Gasteiger partial charge in [-0.05, 0) is 39.3 Å². The molecule has 0 aromatic heterocycles. The maximum Gasteiger partial charge on any atom is 0.480 e. The van der Waals surface area contributed by atoms with Gasteiger partial charge in [-0.15, -0.1) is 0 Å². The van der Waals surface area contributed by atoms with Crippen LogP contribution in [0.2, 0.25) is 0 Å². The van der Waals surface area contributed by atoms with Gasteiger partial charge < -0.3 is 19.8 Å². The van der Waals surface area contributed by atoms with Gasteiger partial charge in [0.15, 0.2) is 5.75 Å². The molecule has 1 aliphatic rings. The fourth-order valence-corrected chi connectivity index (χ4v) is 2.25. The summed E-state index contributed by atoms with van der Waals surface area (Å²) in [4.78, 5) is 10.6. The summed E-state index contributed by atoms with van der Waals surface area (Å²) in [6, 6.07) is 4.61. The Balaban J connectivity index is 2.29. The summed E-state index contributed by atoms with van der Waals surface area (Å²) in [7, 11) is 0.717. The summed E-state index contributed by atoms with van der Waals surface area (Å²) in [6.07, 6.45) is 0. The van der Waals surface area contributed by atoms with Gasteiger partial charge >= 0.3 is 12.8 Å². The molecule has 7 nitrogen and oxygen atoms in total. The van der Waals surface area contributed by atoms with Gasteiger partial charge in [0.1, 0.15) is 0 Å². The number of hydrogen-bond acceptors (Lipinski definition) is 6. The van der Waals surface area contributed by atoms with Crippen LogP contribution < -0.4 is 10.5 Å². The molecule has 1 aromatic carbocycles. The summed E-state index contributed by atoms with van der Waals surface area (Å²) < 4.78 is 16.8. The summed E-state index contributed by atoms with van der Waals surface area (Å²) >= 11 is 0. The van der Waals surface area contributed by atoms with E-state index in [1.54, 1.807) is 6.07 Å². The first-order valence-corrected chi connectivity index (χ1v) is 7.02. The third-order valence-electron chi connectivity index (χ3n) is 4.35. The zero-order valence-electron chi connectivity index (χ0n) is 13.5. The van der Waals surface area contributed by atoms with E-state index in [4.69, 9.17) is 19.8 Å². The van der Waals surface area contributed by atoms with Gasteiger partial charge in [-0.1, -0.05) is 6.07 Å². The Morgan fingerprint density at radius 3 is 2.27 bits per heavy atom. The lowest BCUT2D eigenvalue weighted by atomic mass is 9.75. The predicted octanol–water partition coefficient (Wildman–Crippen LogP) is 2.23. The fourth-order valence-electron chi connectivity index (χ4n) is 2.25. The van der Waals surface area contributed by atoms with Crippen LogP contribution in [0.25, 0.3) is 0 Å². The largest absolute Gasteiger partial charge is 0.490 e. The molecule has 2 N–H and O–H groups in total. The molecule has 0 unspecified atom stereocenters. The predicted molar refractivity (Wildman–Crippen MR) is 82.7 cm³/mol. The number of nitro benzene ring substituents is 1. The fraction of sp³-hybridized carbons (Fsp3) is 0.571. The number of ether oxygens (including phenoxy) is 1. The topological polar surface area (TPSA) is 96.9 Å². The lowest BCUT2D eigenvalue weighted by molar-refractivity contribution is -0.385. The van der Waals surface area contributed by atoms with E-state index in [0.29, 0.717) is 5.56 Å². The maximum absolute atomic E-state index is 11.1. The first kappa shape index (κ1) is 16.7. The number of hydrogen-bond donors (Lipinski definition) is 1. The minimum atomic E-state index is -0.669. The van der Waals surface area contributed by atoms with Crippen LogP contribution in [-0.2, 0) is 9.31 Å². The van der Waals surface area contributed by atoms with E-state index < -0.39 is 29.2 Å². The van der Waals surface area contributed by atoms with Crippen molar-refractivity contribution in [2.24, 2.45) is 5.73 Å². The van der Waals surface area contributed by atoms with Gasteiger partial charge in [0.05, 0.1) is 29.2 Å². The molecule has 1 fully saturated rings. The molecule has 0 saturated carbocycles. The Hall–Kier alpha value is -1.64.